The maximum absolute atomic E-state index is 12.0. The lowest BCUT2D eigenvalue weighted by molar-refractivity contribution is 0.0916. The number of nitrogens with one attached hydrogen (secondary N) is 1. The Morgan fingerprint density at radius 1 is 1.53 bits per heavy atom. The van der Waals surface area contributed by atoms with Crippen LogP contribution >= 0.6 is 11.6 Å². The predicted molar refractivity (Wildman–Crippen MR) is 74.5 cm³/mol. The number of benzene rings is 1. The molecule has 2 N–H and O–H groups in total. The molecular formula is C14H16ClNO3. The molecule has 0 saturated heterocycles. The van der Waals surface area contributed by atoms with E-state index in [1.165, 1.54) is 0 Å². The molecule has 19 heavy (non-hydrogen) atoms. The number of carbonyl (C=O) groups is 1. The number of furan rings is 1. The third kappa shape index (κ3) is 2.91. The zero-order valence-corrected chi connectivity index (χ0v) is 11.6. The van der Waals surface area contributed by atoms with E-state index in [1.54, 1.807) is 18.2 Å². The van der Waals surface area contributed by atoms with Gasteiger partial charge in [-0.3, -0.25) is 4.79 Å². The lowest BCUT2D eigenvalue weighted by atomic mass is 10.1. The Labute approximate surface area is 116 Å². The Morgan fingerprint density at radius 2 is 2.26 bits per heavy atom. The maximum atomic E-state index is 12.0. The first-order chi connectivity index (χ1) is 9.02. The molecular weight excluding hydrogens is 266 g/mol. The topological polar surface area (TPSA) is 62.5 Å². The number of amides is 1. The first-order valence-electron chi connectivity index (χ1n) is 6.10. The minimum absolute atomic E-state index is 0.0167. The van der Waals surface area contributed by atoms with Crippen LogP contribution in [0.4, 0.5) is 0 Å². The van der Waals surface area contributed by atoms with Gasteiger partial charge in [-0.05, 0) is 31.0 Å². The van der Waals surface area contributed by atoms with Crippen molar-refractivity contribution < 1.29 is 14.3 Å². The average molecular weight is 282 g/mol. The highest BCUT2D eigenvalue weighted by atomic mass is 35.5. The summed E-state index contributed by atoms with van der Waals surface area (Å²) in [6.07, 6.45) is 0. The molecule has 102 valence electrons. The van der Waals surface area contributed by atoms with E-state index >= 15 is 0 Å². The van der Waals surface area contributed by atoms with Crippen LogP contribution in [0.3, 0.4) is 0 Å². The molecule has 0 saturated carbocycles. The summed E-state index contributed by atoms with van der Waals surface area (Å²) < 4.78 is 5.55. The fourth-order valence-electron chi connectivity index (χ4n) is 1.82. The fourth-order valence-corrected chi connectivity index (χ4v) is 1.99. The molecule has 2 aromatic rings. The van der Waals surface area contributed by atoms with Crippen molar-refractivity contribution in [2.24, 2.45) is 5.92 Å². The molecule has 0 spiro atoms. The van der Waals surface area contributed by atoms with Gasteiger partial charge in [0, 0.05) is 29.1 Å². The van der Waals surface area contributed by atoms with E-state index in [-0.39, 0.29) is 18.4 Å². The van der Waals surface area contributed by atoms with Gasteiger partial charge >= 0.3 is 0 Å². The van der Waals surface area contributed by atoms with Gasteiger partial charge in [0.25, 0.3) is 5.91 Å². The molecule has 1 heterocycles. The van der Waals surface area contributed by atoms with Gasteiger partial charge in [-0.15, -0.1) is 0 Å². The van der Waals surface area contributed by atoms with Crippen LogP contribution in [0, 0.1) is 12.8 Å². The largest absolute Gasteiger partial charge is 0.451 e. The average Bonchev–Trinajstić information content (AvgIpc) is 2.73. The zero-order valence-electron chi connectivity index (χ0n) is 10.9. The highest BCUT2D eigenvalue weighted by Gasteiger charge is 2.18. The van der Waals surface area contributed by atoms with Gasteiger partial charge in [-0.2, -0.15) is 0 Å². The lowest BCUT2D eigenvalue weighted by Gasteiger charge is -2.08. The van der Waals surface area contributed by atoms with Crippen molar-refractivity contribution in [2.45, 2.75) is 13.8 Å². The molecule has 1 amide bonds. The van der Waals surface area contributed by atoms with E-state index in [1.807, 2.05) is 13.8 Å². The van der Waals surface area contributed by atoms with Gasteiger partial charge in [0.2, 0.25) is 0 Å². The van der Waals surface area contributed by atoms with E-state index in [9.17, 15) is 4.79 Å². The van der Waals surface area contributed by atoms with Crippen LogP contribution in [0.15, 0.2) is 22.6 Å². The van der Waals surface area contributed by atoms with Crippen molar-refractivity contribution in [3.05, 3.63) is 34.5 Å². The van der Waals surface area contributed by atoms with Crippen LogP contribution in [0.5, 0.6) is 0 Å². The van der Waals surface area contributed by atoms with Gasteiger partial charge in [0.05, 0.1) is 0 Å². The quantitative estimate of drug-likeness (QED) is 0.906. The normalized spacial score (nSPS) is 12.6. The second kappa shape index (κ2) is 5.63. The maximum Gasteiger partial charge on any atom is 0.287 e. The zero-order chi connectivity index (χ0) is 14.0. The number of halogens is 1. The molecule has 5 heteroatoms. The number of hydrogen-bond acceptors (Lipinski definition) is 3. The molecule has 2 rings (SSSR count). The van der Waals surface area contributed by atoms with Crippen LogP contribution in [0.25, 0.3) is 11.0 Å². The van der Waals surface area contributed by atoms with Gasteiger partial charge in [0.1, 0.15) is 5.58 Å². The first kappa shape index (κ1) is 13.9. The van der Waals surface area contributed by atoms with Crippen LogP contribution in [-0.4, -0.2) is 24.2 Å². The van der Waals surface area contributed by atoms with E-state index in [0.717, 1.165) is 10.9 Å². The summed E-state index contributed by atoms with van der Waals surface area (Å²) in [4.78, 5) is 12.0. The first-order valence-corrected chi connectivity index (χ1v) is 6.48. The number of hydrogen-bond donors (Lipinski definition) is 2. The highest BCUT2D eigenvalue weighted by molar-refractivity contribution is 6.31. The van der Waals surface area contributed by atoms with Gasteiger partial charge in [-0.1, -0.05) is 18.5 Å². The molecule has 0 aliphatic carbocycles. The summed E-state index contributed by atoms with van der Waals surface area (Å²) in [7, 11) is 0. The minimum atomic E-state index is -0.273. The van der Waals surface area contributed by atoms with E-state index < -0.39 is 0 Å². The molecule has 1 aromatic carbocycles. The molecule has 1 aromatic heterocycles. The molecule has 0 radical (unpaired) electrons. The van der Waals surface area contributed by atoms with E-state index in [4.69, 9.17) is 21.1 Å². The number of aryl methyl sites for hydroxylation is 1. The Morgan fingerprint density at radius 3 is 2.95 bits per heavy atom. The van der Waals surface area contributed by atoms with Crippen molar-refractivity contribution in [1.29, 1.82) is 0 Å². The van der Waals surface area contributed by atoms with Crippen LogP contribution in [0.1, 0.15) is 23.0 Å². The fraction of sp³-hybridized carbons (Fsp3) is 0.357. The molecule has 4 nitrogen and oxygen atoms in total. The Balaban J connectivity index is 2.25. The Hall–Kier alpha value is -1.52. The molecule has 1 unspecified atom stereocenters. The summed E-state index contributed by atoms with van der Waals surface area (Å²) in [6, 6.07) is 5.25. The van der Waals surface area contributed by atoms with Gasteiger partial charge in [0.15, 0.2) is 5.76 Å². The Bertz CT molecular complexity index is 606. The van der Waals surface area contributed by atoms with E-state index in [2.05, 4.69) is 5.32 Å². The highest BCUT2D eigenvalue weighted by Crippen LogP contribution is 2.27. The van der Waals surface area contributed by atoms with Crippen molar-refractivity contribution in [1.82, 2.24) is 5.32 Å². The number of fused-ring (bicyclic) bond motifs is 1. The molecule has 0 bridgehead atoms. The minimum Gasteiger partial charge on any atom is -0.451 e. The number of aliphatic hydroxyl groups is 1. The smallest absolute Gasteiger partial charge is 0.287 e. The Kier molecular flexibility index (Phi) is 4.12. The van der Waals surface area contributed by atoms with Crippen molar-refractivity contribution in [3.63, 3.8) is 0 Å². The van der Waals surface area contributed by atoms with Gasteiger partial charge < -0.3 is 14.8 Å². The summed E-state index contributed by atoms with van der Waals surface area (Å²) in [6.45, 7) is 4.12. The summed E-state index contributed by atoms with van der Waals surface area (Å²) in [5.74, 6) is 0.0376. The third-order valence-corrected chi connectivity index (χ3v) is 3.26. The molecule has 0 aliphatic rings. The number of carbonyl (C=O) groups excluding carboxylic acids is 1. The second-order valence-electron chi connectivity index (χ2n) is 4.69. The predicted octanol–water partition coefficient (Wildman–Crippen LogP) is 2.75. The molecule has 1 atom stereocenters. The van der Waals surface area contributed by atoms with E-state index in [0.29, 0.717) is 22.9 Å². The third-order valence-electron chi connectivity index (χ3n) is 3.03. The van der Waals surface area contributed by atoms with Crippen LogP contribution in [-0.2, 0) is 0 Å². The summed E-state index contributed by atoms with van der Waals surface area (Å²) in [5.41, 5.74) is 1.41. The van der Waals surface area contributed by atoms with Crippen LogP contribution < -0.4 is 5.32 Å². The van der Waals surface area contributed by atoms with Crippen molar-refractivity contribution in [3.8, 4) is 0 Å². The standard InChI is InChI=1S/C14H16ClNO3/c1-8(7-17)6-16-14(18)13-9(2)11-5-10(15)3-4-12(11)19-13/h3-5,8,17H,6-7H2,1-2H3,(H,16,18). The number of rotatable bonds is 4. The van der Waals surface area contributed by atoms with Crippen molar-refractivity contribution in [2.75, 3.05) is 13.2 Å². The van der Waals surface area contributed by atoms with Crippen LogP contribution in [0.2, 0.25) is 5.02 Å². The monoisotopic (exact) mass is 281 g/mol. The number of aliphatic hydroxyl groups excluding tert-OH is 1. The SMILES string of the molecule is Cc1c(C(=O)NCC(C)CO)oc2ccc(Cl)cc12. The second-order valence-corrected chi connectivity index (χ2v) is 5.13. The lowest BCUT2D eigenvalue weighted by Crippen LogP contribution is -2.29. The molecule has 0 aliphatic heterocycles. The molecule has 0 fully saturated rings. The summed E-state index contributed by atoms with van der Waals surface area (Å²) in [5, 5.41) is 13.1. The van der Waals surface area contributed by atoms with Crippen molar-refractivity contribution >= 4 is 28.5 Å². The summed E-state index contributed by atoms with van der Waals surface area (Å²) >= 11 is 5.93. The van der Waals surface area contributed by atoms with Gasteiger partial charge in [-0.25, -0.2) is 0 Å².